The Morgan fingerprint density at radius 1 is 1.21 bits per heavy atom. The minimum atomic E-state index is -2.86. The molecule has 0 spiro atoms. The minimum absolute atomic E-state index is 0.0499. The third-order valence-electron chi connectivity index (χ3n) is 7.26. The highest BCUT2D eigenvalue weighted by Gasteiger charge is 2.56. The van der Waals surface area contributed by atoms with Gasteiger partial charge in [-0.15, -0.1) is 0 Å². The summed E-state index contributed by atoms with van der Waals surface area (Å²) in [6, 6.07) is 0.279. The van der Waals surface area contributed by atoms with Crippen molar-refractivity contribution < 1.29 is 13.6 Å². The van der Waals surface area contributed by atoms with Crippen molar-refractivity contribution in [3.63, 3.8) is 0 Å². The quantitative estimate of drug-likeness (QED) is 0.787. The van der Waals surface area contributed by atoms with Gasteiger partial charge in [-0.2, -0.15) is 13.8 Å². The molecule has 0 radical (unpaired) electrons. The molecule has 3 heterocycles. The number of fused-ring (bicyclic) bond motifs is 2. The third kappa shape index (κ3) is 2.89. The summed E-state index contributed by atoms with van der Waals surface area (Å²) >= 11 is 0. The van der Waals surface area contributed by atoms with E-state index in [2.05, 4.69) is 21.7 Å². The number of hydrogen-bond donors (Lipinski definition) is 0. The predicted molar refractivity (Wildman–Crippen MR) is 103 cm³/mol. The van der Waals surface area contributed by atoms with Gasteiger partial charge in [0.1, 0.15) is 17.3 Å². The number of alkyl halides is 2. The van der Waals surface area contributed by atoms with Crippen molar-refractivity contribution in [3.05, 3.63) is 11.3 Å². The maximum absolute atomic E-state index is 14.6. The molecule has 1 aromatic heterocycles. The highest BCUT2D eigenvalue weighted by Crippen LogP contribution is 2.55. The van der Waals surface area contributed by atoms with Gasteiger partial charge in [0.15, 0.2) is 0 Å². The summed E-state index contributed by atoms with van der Waals surface area (Å²) in [6.45, 7) is 6.26. The number of rotatable bonds is 4. The standard InChI is InChI=1S/C21H28F2N4O/c1-12-5-3-4-8-27(12)20-24-18-14(6-7-21(18,22)23)19(25-20)26-10-16-15(9-13(2)28)17(16)11-26/h12,15-17H,3-11H2,1-2H3/t12?,15?,16-,17+. The van der Waals surface area contributed by atoms with Crippen LogP contribution in [-0.4, -0.2) is 41.4 Å². The molecule has 0 N–H and O–H groups in total. The fraction of sp³-hybridized carbons (Fsp3) is 0.762. The minimum Gasteiger partial charge on any atom is -0.356 e. The van der Waals surface area contributed by atoms with Gasteiger partial charge < -0.3 is 14.6 Å². The van der Waals surface area contributed by atoms with Crippen molar-refractivity contribution in [2.75, 3.05) is 29.4 Å². The Balaban J connectivity index is 1.46. The number of piperidine rings is 2. The first-order valence-electron chi connectivity index (χ1n) is 10.7. The normalized spacial score (nSPS) is 33.0. The molecule has 2 unspecified atom stereocenters. The van der Waals surface area contributed by atoms with Gasteiger partial charge in [-0.05, 0) is 57.3 Å². The van der Waals surface area contributed by atoms with Gasteiger partial charge in [0.05, 0.1) is 0 Å². The van der Waals surface area contributed by atoms with Gasteiger partial charge in [0.25, 0.3) is 5.92 Å². The molecular formula is C21H28F2N4O. The lowest BCUT2D eigenvalue weighted by Gasteiger charge is -2.34. The lowest BCUT2D eigenvalue weighted by atomic mass is 10.0. The van der Waals surface area contributed by atoms with Crippen molar-refractivity contribution in [3.8, 4) is 0 Å². The summed E-state index contributed by atoms with van der Waals surface area (Å²) in [7, 11) is 0. The Morgan fingerprint density at radius 2 is 1.96 bits per heavy atom. The van der Waals surface area contributed by atoms with Crippen LogP contribution >= 0.6 is 0 Å². The molecule has 152 valence electrons. The lowest BCUT2D eigenvalue weighted by Crippen LogP contribution is -2.39. The number of aromatic nitrogens is 2. The van der Waals surface area contributed by atoms with E-state index < -0.39 is 5.92 Å². The largest absolute Gasteiger partial charge is 0.356 e. The molecule has 0 aromatic carbocycles. The maximum Gasteiger partial charge on any atom is 0.290 e. The molecule has 7 heteroatoms. The molecule has 3 fully saturated rings. The van der Waals surface area contributed by atoms with Crippen LogP contribution in [0.2, 0.25) is 0 Å². The molecule has 4 atom stereocenters. The molecule has 28 heavy (non-hydrogen) atoms. The number of anilines is 2. The third-order valence-corrected chi connectivity index (χ3v) is 7.26. The topological polar surface area (TPSA) is 49.3 Å². The molecule has 5 rings (SSSR count). The number of carbonyl (C=O) groups is 1. The van der Waals surface area contributed by atoms with E-state index in [-0.39, 0.29) is 23.9 Å². The highest BCUT2D eigenvalue weighted by atomic mass is 19.3. The average molecular weight is 390 g/mol. The summed E-state index contributed by atoms with van der Waals surface area (Å²) < 4.78 is 29.1. The smallest absolute Gasteiger partial charge is 0.290 e. The SMILES string of the molecule is CC(=O)CC1[C@H]2CN(c3nc(N4CCCCC4C)nc4c3CCC4(F)F)C[C@@H]12. The molecule has 2 saturated heterocycles. The zero-order valence-electron chi connectivity index (χ0n) is 16.6. The van der Waals surface area contributed by atoms with Crippen LogP contribution in [0.3, 0.4) is 0 Å². The molecule has 2 aliphatic carbocycles. The summed E-state index contributed by atoms with van der Waals surface area (Å²) in [6.07, 6.45) is 4.09. The van der Waals surface area contributed by atoms with Crippen LogP contribution < -0.4 is 9.80 Å². The van der Waals surface area contributed by atoms with Crippen LogP contribution in [-0.2, 0) is 17.1 Å². The van der Waals surface area contributed by atoms with Crippen molar-refractivity contribution in [1.29, 1.82) is 0 Å². The van der Waals surface area contributed by atoms with Gasteiger partial charge in [0, 0.05) is 44.1 Å². The summed E-state index contributed by atoms with van der Waals surface area (Å²) in [5.74, 6) is 0.0805. The second-order valence-corrected chi connectivity index (χ2v) is 9.22. The first-order valence-corrected chi connectivity index (χ1v) is 10.7. The average Bonchev–Trinajstić information content (AvgIpc) is 2.99. The summed E-state index contributed by atoms with van der Waals surface area (Å²) in [4.78, 5) is 25.0. The Labute approximate surface area is 164 Å². The number of carbonyl (C=O) groups excluding carboxylic acids is 1. The van der Waals surface area contributed by atoms with E-state index in [1.165, 1.54) is 6.42 Å². The fourth-order valence-electron chi connectivity index (χ4n) is 5.64. The number of nitrogens with zero attached hydrogens (tertiary/aromatic N) is 4. The molecular weight excluding hydrogens is 362 g/mol. The number of ketones is 1. The van der Waals surface area contributed by atoms with Crippen LogP contribution in [0.1, 0.15) is 57.2 Å². The van der Waals surface area contributed by atoms with E-state index in [1.807, 2.05) is 0 Å². The molecule has 1 aromatic rings. The lowest BCUT2D eigenvalue weighted by molar-refractivity contribution is -0.117. The molecule has 0 bridgehead atoms. The van der Waals surface area contributed by atoms with E-state index >= 15 is 0 Å². The van der Waals surface area contributed by atoms with Crippen LogP contribution in [0.5, 0.6) is 0 Å². The molecule has 4 aliphatic rings. The Hall–Kier alpha value is -1.79. The second-order valence-electron chi connectivity index (χ2n) is 9.22. The van der Waals surface area contributed by atoms with Crippen LogP contribution in [0.15, 0.2) is 0 Å². The first kappa shape index (κ1) is 18.3. The van der Waals surface area contributed by atoms with Crippen molar-refractivity contribution >= 4 is 17.5 Å². The van der Waals surface area contributed by atoms with Gasteiger partial charge in [-0.1, -0.05) is 0 Å². The molecule has 5 nitrogen and oxygen atoms in total. The fourth-order valence-corrected chi connectivity index (χ4v) is 5.64. The monoisotopic (exact) mass is 390 g/mol. The van der Waals surface area contributed by atoms with Gasteiger partial charge in [0.2, 0.25) is 5.95 Å². The summed E-state index contributed by atoms with van der Waals surface area (Å²) in [5.41, 5.74) is 0.592. The molecule has 1 saturated carbocycles. The van der Waals surface area contributed by atoms with Crippen LogP contribution in [0.4, 0.5) is 20.5 Å². The van der Waals surface area contributed by atoms with E-state index in [4.69, 9.17) is 4.98 Å². The van der Waals surface area contributed by atoms with Crippen LogP contribution in [0, 0.1) is 17.8 Å². The number of hydrogen-bond acceptors (Lipinski definition) is 5. The van der Waals surface area contributed by atoms with E-state index in [9.17, 15) is 13.6 Å². The van der Waals surface area contributed by atoms with E-state index in [0.717, 1.165) is 38.3 Å². The Morgan fingerprint density at radius 3 is 2.64 bits per heavy atom. The predicted octanol–water partition coefficient (Wildman–Crippen LogP) is 3.55. The first-order chi connectivity index (χ1) is 13.3. The molecule has 0 amide bonds. The number of halogens is 2. The van der Waals surface area contributed by atoms with Gasteiger partial charge >= 0.3 is 0 Å². The maximum atomic E-state index is 14.6. The second kappa shape index (κ2) is 6.36. The zero-order chi connectivity index (χ0) is 19.6. The van der Waals surface area contributed by atoms with Crippen molar-refractivity contribution in [1.82, 2.24) is 9.97 Å². The van der Waals surface area contributed by atoms with Crippen molar-refractivity contribution in [2.24, 2.45) is 17.8 Å². The number of Topliss-reactive ketones (excluding diaryl/α,β-unsaturated/α-hetero) is 1. The van der Waals surface area contributed by atoms with Gasteiger partial charge in [-0.3, -0.25) is 0 Å². The summed E-state index contributed by atoms with van der Waals surface area (Å²) in [5, 5.41) is 0. The van der Waals surface area contributed by atoms with Gasteiger partial charge in [-0.25, -0.2) is 4.98 Å². The zero-order valence-corrected chi connectivity index (χ0v) is 16.6. The van der Waals surface area contributed by atoms with E-state index in [0.29, 0.717) is 42.1 Å². The van der Waals surface area contributed by atoms with Crippen LogP contribution in [0.25, 0.3) is 0 Å². The Kier molecular flexibility index (Phi) is 4.14. The van der Waals surface area contributed by atoms with Crippen molar-refractivity contribution in [2.45, 2.75) is 64.3 Å². The Bertz CT molecular complexity index is 802. The molecule has 2 aliphatic heterocycles. The highest BCUT2D eigenvalue weighted by molar-refractivity contribution is 5.76. The van der Waals surface area contributed by atoms with E-state index in [1.54, 1.807) is 6.92 Å².